The van der Waals surface area contributed by atoms with Gasteiger partial charge in [-0.3, -0.25) is 9.71 Å². The van der Waals surface area contributed by atoms with E-state index in [2.05, 4.69) is 9.71 Å². The van der Waals surface area contributed by atoms with Gasteiger partial charge in [-0.15, -0.1) is 0 Å². The van der Waals surface area contributed by atoms with Crippen molar-refractivity contribution in [2.24, 2.45) is 0 Å². The first-order chi connectivity index (χ1) is 11.3. The highest BCUT2D eigenvalue weighted by Crippen LogP contribution is 2.27. The average molecular weight is 350 g/mol. The topological polar surface area (TPSA) is 150 Å². The van der Waals surface area contributed by atoms with E-state index in [0.717, 1.165) is 24.3 Å². The number of fused-ring (bicyclic) bond motifs is 1. The van der Waals surface area contributed by atoms with E-state index in [1.54, 1.807) is 0 Å². The summed E-state index contributed by atoms with van der Waals surface area (Å²) in [5, 5.41) is 18.6. The van der Waals surface area contributed by atoms with Crippen molar-refractivity contribution in [3.8, 4) is 5.75 Å². The molecule has 9 nitrogen and oxygen atoms in total. The van der Waals surface area contributed by atoms with Gasteiger partial charge in [0.05, 0.1) is 21.7 Å². The number of nitrogens with one attached hydrogen (secondary N) is 2. The number of oxazole rings is 1. The van der Waals surface area contributed by atoms with Crippen molar-refractivity contribution in [3.05, 3.63) is 52.5 Å². The van der Waals surface area contributed by atoms with Gasteiger partial charge in [-0.1, -0.05) is 0 Å². The molecular formula is C14H10N2O7S. The van der Waals surface area contributed by atoms with Crippen LogP contribution in [0.5, 0.6) is 5.75 Å². The van der Waals surface area contributed by atoms with Gasteiger partial charge in [0.2, 0.25) is 0 Å². The molecule has 0 fully saturated rings. The molecule has 3 aromatic rings. The molecule has 0 bridgehead atoms. The van der Waals surface area contributed by atoms with Gasteiger partial charge in [-0.25, -0.2) is 18.0 Å². The molecular weight excluding hydrogens is 340 g/mol. The molecule has 0 radical (unpaired) electrons. The van der Waals surface area contributed by atoms with Crippen LogP contribution in [0.15, 0.2) is 50.5 Å². The number of hydrogen-bond acceptors (Lipinski definition) is 6. The molecule has 24 heavy (non-hydrogen) atoms. The number of aromatic hydroxyl groups is 1. The maximum atomic E-state index is 12.4. The smallest absolute Gasteiger partial charge is 0.417 e. The van der Waals surface area contributed by atoms with E-state index < -0.39 is 27.5 Å². The van der Waals surface area contributed by atoms with Gasteiger partial charge in [-0.2, -0.15) is 0 Å². The van der Waals surface area contributed by atoms with E-state index in [1.807, 2.05) is 0 Å². The second kappa shape index (κ2) is 5.42. The van der Waals surface area contributed by atoms with Crippen molar-refractivity contribution in [1.82, 2.24) is 4.98 Å². The summed E-state index contributed by atoms with van der Waals surface area (Å²) in [5.41, 5.74) is -0.107. The van der Waals surface area contributed by atoms with Gasteiger partial charge < -0.3 is 14.6 Å². The van der Waals surface area contributed by atoms with Crippen LogP contribution in [-0.2, 0) is 10.0 Å². The number of sulfonamides is 1. The zero-order valence-electron chi connectivity index (χ0n) is 11.8. The number of aromatic carboxylic acids is 1. The number of carboxylic acid groups (broad SMARTS) is 1. The van der Waals surface area contributed by atoms with Crippen LogP contribution < -0.4 is 10.5 Å². The molecule has 0 atom stereocenters. The van der Waals surface area contributed by atoms with E-state index in [9.17, 15) is 23.1 Å². The summed E-state index contributed by atoms with van der Waals surface area (Å²) in [5.74, 6) is -2.43. The Morgan fingerprint density at radius 1 is 1.17 bits per heavy atom. The van der Waals surface area contributed by atoms with Crippen molar-refractivity contribution in [2.45, 2.75) is 4.90 Å². The number of hydrogen-bond donors (Lipinski definition) is 4. The Morgan fingerprint density at radius 2 is 1.92 bits per heavy atom. The van der Waals surface area contributed by atoms with Crippen molar-refractivity contribution in [1.29, 1.82) is 0 Å². The van der Waals surface area contributed by atoms with Gasteiger partial charge in [0, 0.05) is 6.07 Å². The molecule has 1 heterocycles. The van der Waals surface area contributed by atoms with Crippen LogP contribution in [0.1, 0.15) is 10.4 Å². The fourth-order valence-electron chi connectivity index (χ4n) is 2.05. The van der Waals surface area contributed by atoms with Gasteiger partial charge >= 0.3 is 11.7 Å². The molecule has 0 aliphatic heterocycles. The van der Waals surface area contributed by atoms with Crippen LogP contribution in [-0.4, -0.2) is 29.6 Å². The van der Waals surface area contributed by atoms with E-state index in [0.29, 0.717) is 5.52 Å². The Labute approximate surface area is 134 Å². The number of carbonyl (C=O) groups is 1. The van der Waals surface area contributed by atoms with Crippen LogP contribution in [0, 0.1) is 0 Å². The Morgan fingerprint density at radius 3 is 2.62 bits per heavy atom. The lowest BCUT2D eigenvalue weighted by atomic mass is 10.2. The summed E-state index contributed by atoms with van der Waals surface area (Å²) < 4.78 is 31.7. The summed E-state index contributed by atoms with van der Waals surface area (Å²) in [6.45, 7) is 0. The zero-order chi connectivity index (χ0) is 17.5. The summed E-state index contributed by atoms with van der Waals surface area (Å²) in [4.78, 5) is 24.2. The maximum Gasteiger partial charge on any atom is 0.417 e. The van der Waals surface area contributed by atoms with Crippen molar-refractivity contribution in [2.75, 3.05) is 4.72 Å². The van der Waals surface area contributed by atoms with Crippen LogP contribution in [0.4, 0.5) is 5.69 Å². The lowest BCUT2D eigenvalue weighted by Crippen LogP contribution is -2.13. The number of rotatable bonds is 4. The number of aromatic nitrogens is 1. The van der Waals surface area contributed by atoms with Crippen molar-refractivity contribution >= 4 is 32.8 Å². The number of anilines is 1. The summed E-state index contributed by atoms with van der Waals surface area (Å²) in [7, 11) is -4.14. The number of phenolic OH excluding ortho intramolecular Hbond substituents is 1. The predicted molar refractivity (Wildman–Crippen MR) is 82.7 cm³/mol. The number of carboxylic acids is 1. The highest BCUT2D eigenvalue weighted by atomic mass is 32.2. The molecule has 1 aromatic heterocycles. The molecule has 0 saturated heterocycles. The molecule has 0 amide bonds. The van der Waals surface area contributed by atoms with E-state index in [1.165, 1.54) is 12.1 Å². The third kappa shape index (κ3) is 2.82. The quantitative estimate of drug-likeness (QED) is 0.518. The second-order valence-electron chi connectivity index (χ2n) is 4.82. The number of H-pyrrole nitrogens is 1. The monoisotopic (exact) mass is 350 g/mol. The average Bonchev–Trinajstić information content (AvgIpc) is 2.88. The summed E-state index contributed by atoms with van der Waals surface area (Å²) in [6.07, 6.45) is 0. The van der Waals surface area contributed by atoms with Crippen LogP contribution >= 0.6 is 0 Å². The lowest BCUT2D eigenvalue weighted by Gasteiger charge is -2.10. The lowest BCUT2D eigenvalue weighted by molar-refractivity contribution is 0.0697. The molecule has 2 aromatic carbocycles. The zero-order valence-corrected chi connectivity index (χ0v) is 12.6. The minimum Gasteiger partial charge on any atom is -0.506 e. The first-order valence-electron chi connectivity index (χ1n) is 6.48. The maximum absolute atomic E-state index is 12.4. The van der Waals surface area contributed by atoms with Crippen LogP contribution in [0.25, 0.3) is 11.1 Å². The minimum atomic E-state index is -4.14. The SMILES string of the molecule is O=C(O)c1ccc(O)c(NS(=O)(=O)c2ccc3[nH]c(=O)oc3c2)c1. The number of phenols is 1. The highest BCUT2D eigenvalue weighted by Gasteiger charge is 2.19. The normalized spacial score (nSPS) is 11.5. The van der Waals surface area contributed by atoms with Crippen LogP contribution in [0.3, 0.4) is 0 Å². The molecule has 0 saturated carbocycles. The minimum absolute atomic E-state index is 0.0476. The highest BCUT2D eigenvalue weighted by molar-refractivity contribution is 7.92. The van der Waals surface area contributed by atoms with E-state index in [-0.39, 0.29) is 21.7 Å². The third-order valence-corrected chi connectivity index (χ3v) is 4.55. The standard InChI is InChI=1S/C14H10N2O7S/c17-11-4-1-7(13(18)19)5-10(11)16-24(21,22)8-2-3-9-12(6-8)23-14(20)15-9/h1-6,16-17H,(H,15,20)(H,18,19). The third-order valence-electron chi connectivity index (χ3n) is 3.19. The van der Waals surface area contributed by atoms with Gasteiger partial charge in [0.1, 0.15) is 5.75 Å². The summed E-state index contributed by atoms with van der Waals surface area (Å²) >= 11 is 0. The fourth-order valence-corrected chi connectivity index (χ4v) is 3.13. The fraction of sp³-hybridized carbons (Fsp3) is 0. The number of aromatic amines is 1. The van der Waals surface area contributed by atoms with E-state index >= 15 is 0 Å². The largest absolute Gasteiger partial charge is 0.506 e. The molecule has 3 rings (SSSR count). The Balaban J connectivity index is 2.02. The van der Waals surface area contributed by atoms with Gasteiger partial charge in [0.15, 0.2) is 5.58 Å². The van der Waals surface area contributed by atoms with Crippen molar-refractivity contribution < 1.29 is 27.8 Å². The van der Waals surface area contributed by atoms with Crippen LogP contribution in [0.2, 0.25) is 0 Å². The molecule has 124 valence electrons. The number of benzene rings is 2. The molecule has 0 aliphatic rings. The molecule has 10 heteroatoms. The first kappa shape index (κ1) is 15.6. The predicted octanol–water partition coefficient (Wildman–Crippen LogP) is 1.33. The molecule has 0 aliphatic carbocycles. The summed E-state index contributed by atoms with van der Waals surface area (Å²) in [6, 6.07) is 6.90. The molecule has 0 spiro atoms. The Kier molecular flexibility index (Phi) is 3.53. The van der Waals surface area contributed by atoms with E-state index in [4.69, 9.17) is 9.52 Å². The van der Waals surface area contributed by atoms with Gasteiger partial charge in [-0.05, 0) is 30.3 Å². The van der Waals surface area contributed by atoms with Crippen molar-refractivity contribution in [3.63, 3.8) is 0 Å². The first-order valence-corrected chi connectivity index (χ1v) is 7.96. The molecule has 4 N–H and O–H groups in total. The Hall–Kier alpha value is -3.27. The second-order valence-corrected chi connectivity index (χ2v) is 6.50. The van der Waals surface area contributed by atoms with Gasteiger partial charge in [0.25, 0.3) is 10.0 Å². The molecule has 0 unspecified atom stereocenters. The Bertz CT molecular complexity index is 1110.